The molecule has 2 aromatic rings. The number of nitrogens with zero attached hydrogens (tertiary/aromatic N) is 6. The predicted octanol–water partition coefficient (Wildman–Crippen LogP) is 3.72. The minimum Gasteiger partial charge on any atom is -0.507 e. The van der Waals surface area contributed by atoms with Crippen LogP contribution in [0.5, 0.6) is 5.75 Å². The highest BCUT2D eigenvalue weighted by molar-refractivity contribution is 6.08. The first-order chi connectivity index (χ1) is 21.0. The van der Waals surface area contributed by atoms with Crippen molar-refractivity contribution in [1.82, 2.24) is 9.88 Å². The Balaban J connectivity index is 1.32. The van der Waals surface area contributed by atoms with Crippen LogP contribution < -0.4 is 10.7 Å². The number of hydrogen-bond acceptors (Lipinski definition) is 8. The minimum absolute atomic E-state index is 0.0127. The fourth-order valence-corrected chi connectivity index (χ4v) is 6.23. The van der Waals surface area contributed by atoms with Crippen molar-refractivity contribution in [2.24, 2.45) is 21.7 Å². The van der Waals surface area contributed by atoms with Crippen molar-refractivity contribution < 1.29 is 37.2 Å². The number of aromatic hydroxyl groups is 1. The van der Waals surface area contributed by atoms with Gasteiger partial charge in [-0.15, -0.1) is 4.59 Å². The Morgan fingerprint density at radius 3 is 2.80 bits per heavy atom. The number of allylic oxidation sites excluding steroid dienone is 1. The minimum atomic E-state index is -4.63. The van der Waals surface area contributed by atoms with Crippen LogP contribution in [0.2, 0.25) is 0 Å². The number of amides is 2. The van der Waals surface area contributed by atoms with Crippen LogP contribution in [0.25, 0.3) is 0 Å². The summed E-state index contributed by atoms with van der Waals surface area (Å²) < 4.78 is 44.8. The molecule has 4 aliphatic heterocycles. The highest BCUT2D eigenvalue weighted by Gasteiger charge is 2.48. The van der Waals surface area contributed by atoms with Crippen LogP contribution in [0, 0.1) is 5.92 Å². The van der Waals surface area contributed by atoms with Crippen molar-refractivity contribution in [2.45, 2.75) is 37.9 Å². The predicted molar refractivity (Wildman–Crippen MR) is 154 cm³/mol. The number of piperidine rings is 1. The van der Waals surface area contributed by atoms with Gasteiger partial charge in [0.2, 0.25) is 11.6 Å². The molecule has 2 amide bonds. The molecule has 230 valence electrons. The molecule has 6 rings (SSSR count). The Morgan fingerprint density at radius 2 is 2.05 bits per heavy atom. The maximum absolute atomic E-state index is 13.6. The summed E-state index contributed by atoms with van der Waals surface area (Å²) in [6, 6.07) is 6.04. The van der Waals surface area contributed by atoms with Crippen LogP contribution in [-0.2, 0) is 15.7 Å². The highest BCUT2D eigenvalue weighted by atomic mass is 19.4. The maximum Gasteiger partial charge on any atom is 0.416 e. The molecular weight excluding hydrogens is 579 g/mol. The molecular formula is C30H31F3N7O4+. The van der Waals surface area contributed by atoms with E-state index < -0.39 is 17.6 Å². The molecule has 11 nitrogen and oxygen atoms in total. The third-order valence-corrected chi connectivity index (χ3v) is 8.53. The molecule has 0 radical (unpaired) electrons. The molecule has 0 aliphatic carbocycles. The first-order valence-corrected chi connectivity index (χ1v) is 14.2. The number of hydrogen-bond donors (Lipinski definition) is 2. The Labute approximate surface area is 251 Å². The zero-order valence-electron chi connectivity index (χ0n) is 23.9. The molecule has 1 aromatic heterocycles. The van der Waals surface area contributed by atoms with Crippen molar-refractivity contribution >= 4 is 29.7 Å². The van der Waals surface area contributed by atoms with Gasteiger partial charge >= 0.3 is 6.18 Å². The summed E-state index contributed by atoms with van der Waals surface area (Å²) in [4.78, 5) is 42.2. The van der Waals surface area contributed by atoms with Crippen molar-refractivity contribution in [3.63, 3.8) is 0 Å². The van der Waals surface area contributed by atoms with Gasteiger partial charge in [0.25, 0.3) is 11.7 Å². The van der Waals surface area contributed by atoms with Gasteiger partial charge in [-0.2, -0.15) is 24.0 Å². The number of phenols is 1. The molecule has 14 heteroatoms. The van der Waals surface area contributed by atoms with Gasteiger partial charge in [-0.05, 0) is 49.6 Å². The number of quaternary nitrogens is 1. The molecule has 2 saturated heterocycles. The molecule has 0 bridgehead atoms. The van der Waals surface area contributed by atoms with Gasteiger partial charge in [0, 0.05) is 43.8 Å². The number of methoxy groups -OCH3 is 1. The lowest BCUT2D eigenvalue weighted by atomic mass is 9.90. The Morgan fingerprint density at radius 1 is 1.23 bits per heavy atom. The van der Waals surface area contributed by atoms with E-state index in [0.717, 1.165) is 42.5 Å². The number of ether oxygens (including phenoxy) is 1. The lowest BCUT2D eigenvalue weighted by Crippen LogP contribution is -2.53. The van der Waals surface area contributed by atoms with E-state index in [9.17, 15) is 27.9 Å². The van der Waals surface area contributed by atoms with E-state index >= 15 is 0 Å². The highest BCUT2D eigenvalue weighted by Crippen LogP contribution is 2.41. The van der Waals surface area contributed by atoms with Crippen molar-refractivity contribution in [3.05, 3.63) is 77.0 Å². The average molecular weight is 611 g/mol. The van der Waals surface area contributed by atoms with Gasteiger partial charge in [-0.25, -0.2) is 4.98 Å². The quantitative estimate of drug-likeness (QED) is 0.363. The number of alkyl halides is 3. The number of aliphatic imine (C=N–C) groups is 2. The summed E-state index contributed by atoms with van der Waals surface area (Å²) in [7, 11) is 1.40. The lowest BCUT2D eigenvalue weighted by molar-refractivity contribution is -0.750. The summed E-state index contributed by atoms with van der Waals surface area (Å²) >= 11 is 0. The van der Waals surface area contributed by atoms with E-state index in [1.165, 1.54) is 31.5 Å². The lowest BCUT2D eigenvalue weighted by Gasteiger charge is -2.35. The van der Waals surface area contributed by atoms with E-state index in [1.54, 1.807) is 12.4 Å². The molecule has 3 atom stereocenters. The maximum atomic E-state index is 13.6. The molecule has 2 fully saturated rings. The number of carbonyl (C=O) groups is 2. The molecule has 3 N–H and O–H groups in total. The molecule has 1 unspecified atom stereocenters. The third kappa shape index (κ3) is 5.18. The Kier molecular flexibility index (Phi) is 7.59. The smallest absolute Gasteiger partial charge is 0.416 e. The average Bonchev–Trinajstić information content (AvgIpc) is 3.53. The van der Waals surface area contributed by atoms with Crippen LogP contribution >= 0.6 is 0 Å². The van der Waals surface area contributed by atoms with E-state index in [4.69, 9.17) is 15.6 Å². The Hall–Kier alpha value is -4.40. The van der Waals surface area contributed by atoms with Gasteiger partial charge in [0.1, 0.15) is 29.0 Å². The normalized spacial score (nSPS) is 24.4. The number of aromatic nitrogens is 1. The number of anilines is 1. The topological polar surface area (TPSA) is 134 Å². The standard InChI is InChI=1S/C30H30F3N7O4/c1-44-13-11-38(25-15-20(8-9-36-25)30(31,32)33)29(43)18-3-6-22(24(41)14-18)28-37-27(23-16-35-10-12-40(23,28)34)19-2-4-21-5-7-26(42)39(21)17-19/h3,6,8-10,12,14-16,19,21H,2,4-5,7,11,13,17,34H2,1H3/p+1/t19-,21+,40?/m1/s1. The van der Waals surface area contributed by atoms with Gasteiger partial charge in [0.05, 0.1) is 31.1 Å². The number of benzene rings is 1. The van der Waals surface area contributed by atoms with Crippen molar-refractivity contribution in [3.8, 4) is 5.75 Å². The van der Waals surface area contributed by atoms with E-state index in [1.807, 2.05) is 4.90 Å². The second-order valence-corrected chi connectivity index (χ2v) is 11.2. The zero-order valence-corrected chi connectivity index (χ0v) is 23.9. The second kappa shape index (κ2) is 11.3. The van der Waals surface area contributed by atoms with Crippen LogP contribution in [0.15, 0.2) is 70.3 Å². The number of carbonyl (C=O) groups excluding carboxylic acids is 2. The molecule has 0 spiro atoms. The first-order valence-electron chi connectivity index (χ1n) is 14.2. The first kappa shape index (κ1) is 29.7. The summed E-state index contributed by atoms with van der Waals surface area (Å²) in [5.41, 5.74) is 0.641. The van der Waals surface area contributed by atoms with E-state index in [0.29, 0.717) is 30.2 Å². The molecule has 44 heavy (non-hydrogen) atoms. The fourth-order valence-electron chi connectivity index (χ4n) is 6.23. The number of amidine groups is 1. The SMILES string of the molecule is COCCN(C(=O)c1ccc(C2=NC([C@@H]3CC[C@H]4CCC(=O)N4C3)=C3C=NC=C[N+]23N)c(O)c1)c1cc(C(F)(F)F)ccn1. The van der Waals surface area contributed by atoms with Gasteiger partial charge in [-0.1, -0.05) is 0 Å². The molecule has 5 heterocycles. The number of halogens is 3. The number of fused-ring (bicyclic) bond motifs is 2. The summed E-state index contributed by atoms with van der Waals surface area (Å²) in [6.07, 6.45) is 4.25. The van der Waals surface area contributed by atoms with E-state index in [-0.39, 0.29) is 58.3 Å². The van der Waals surface area contributed by atoms with Crippen LogP contribution in [-0.4, -0.2) is 76.3 Å². The van der Waals surface area contributed by atoms with Gasteiger partial charge < -0.3 is 14.7 Å². The molecule has 0 saturated carbocycles. The van der Waals surface area contributed by atoms with Gasteiger partial charge in [0.15, 0.2) is 0 Å². The summed E-state index contributed by atoms with van der Waals surface area (Å²) in [6.45, 7) is 0.481. The van der Waals surface area contributed by atoms with E-state index in [2.05, 4.69) is 9.98 Å². The summed E-state index contributed by atoms with van der Waals surface area (Å²) in [5.74, 6) is 6.04. The van der Waals surface area contributed by atoms with Crippen LogP contribution in [0.1, 0.15) is 47.2 Å². The van der Waals surface area contributed by atoms with Crippen molar-refractivity contribution in [1.29, 1.82) is 0 Å². The van der Waals surface area contributed by atoms with Crippen molar-refractivity contribution in [2.75, 3.05) is 31.7 Å². The number of nitrogens with two attached hydrogens (primary N) is 1. The summed E-state index contributed by atoms with van der Waals surface area (Å²) in [5, 5.41) is 11.2. The van der Waals surface area contributed by atoms with Crippen LogP contribution in [0.3, 0.4) is 0 Å². The third-order valence-electron chi connectivity index (χ3n) is 8.53. The molecule has 4 aliphatic rings. The number of rotatable bonds is 7. The van der Waals surface area contributed by atoms with Crippen LogP contribution in [0.4, 0.5) is 19.0 Å². The number of pyridine rings is 1. The Bertz CT molecular complexity index is 1640. The number of phenolic OH excluding ortho intramolecular Hbond substituents is 1. The second-order valence-electron chi connectivity index (χ2n) is 11.2. The molecule has 1 aromatic carbocycles. The monoisotopic (exact) mass is 610 g/mol. The van der Waals surface area contributed by atoms with Gasteiger partial charge in [-0.3, -0.25) is 19.5 Å². The largest absolute Gasteiger partial charge is 0.507 e. The zero-order chi connectivity index (χ0) is 31.2. The fraction of sp³-hybridized carbons (Fsp3) is 0.367.